The molecule has 20 heavy (non-hydrogen) atoms. The molecule has 0 aliphatic carbocycles. The fourth-order valence-electron chi connectivity index (χ4n) is 1.73. The number of aliphatic hydroxyl groups excluding tert-OH is 1. The Kier molecular flexibility index (Phi) is 6.41. The maximum Gasteiger partial charge on any atom is 0.258 e. The van der Waals surface area contributed by atoms with Crippen molar-refractivity contribution in [1.82, 2.24) is 5.32 Å². The quantitative estimate of drug-likeness (QED) is 0.795. The predicted molar refractivity (Wildman–Crippen MR) is 72.0 cm³/mol. The molecule has 6 heteroatoms. The van der Waals surface area contributed by atoms with Gasteiger partial charge in [-0.25, -0.2) is 4.39 Å². The van der Waals surface area contributed by atoms with Gasteiger partial charge in [0.15, 0.2) is 6.61 Å². The monoisotopic (exact) mass is 285 g/mol. The van der Waals surface area contributed by atoms with E-state index in [1.165, 1.54) is 25.1 Å². The van der Waals surface area contributed by atoms with E-state index in [0.29, 0.717) is 12.2 Å². The summed E-state index contributed by atoms with van der Waals surface area (Å²) >= 11 is 0. The third kappa shape index (κ3) is 5.14. The summed E-state index contributed by atoms with van der Waals surface area (Å²) in [6, 6.07) is 3.67. The highest BCUT2D eigenvalue weighted by molar-refractivity contribution is 5.77. The molecule has 112 valence electrons. The molecule has 2 N–H and O–H groups in total. The largest absolute Gasteiger partial charge is 0.483 e. The third-order valence-electron chi connectivity index (χ3n) is 2.60. The maximum absolute atomic E-state index is 13.1. The van der Waals surface area contributed by atoms with E-state index >= 15 is 0 Å². The van der Waals surface area contributed by atoms with Crippen LogP contribution in [0.3, 0.4) is 0 Å². The highest BCUT2D eigenvalue weighted by Gasteiger charge is 2.13. The third-order valence-corrected chi connectivity index (χ3v) is 2.60. The van der Waals surface area contributed by atoms with Crippen molar-refractivity contribution in [2.24, 2.45) is 0 Å². The number of methoxy groups -OCH3 is 1. The maximum atomic E-state index is 13.1. The van der Waals surface area contributed by atoms with Crippen molar-refractivity contribution in [3.8, 4) is 5.75 Å². The topological polar surface area (TPSA) is 67.8 Å². The molecule has 1 aromatic carbocycles. The van der Waals surface area contributed by atoms with Gasteiger partial charge in [-0.2, -0.15) is 0 Å². The Morgan fingerprint density at radius 1 is 1.45 bits per heavy atom. The number of benzene rings is 1. The first-order valence-electron chi connectivity index (χ1n) is 6.32. The van der Waals surface area contributed by atoms with Gasteiger partial charge in [0.25, 0.3) is 5.91 Å². The normalized spacial score (nSPS) is 13.7. The highest BCUT2D eigenvalue weighted by atomic mass is 19.1. The van der Waals surface area contributed by atoms with Crippen molar-refractivity contribution in [3.63, 3.8) is 0 Å². The van der Waals surface area contributed by atoms with Gasteiger partial charge < -0.3 is 19.9 Å². The number of halogens is 1. The second-order valence-electron chi connectivity index (χ2n) is 4.57. The number of carbonyl (C=O) groups excluding carboxylic acids is 1. The van der Waals surface area contributed by atoms with Crippen LogP contribution in [0.15, 0.2) is 18.2 Å². The van der Waals surface area contributed by atoms with Gasteiger partial charge in [0.1, 0.15) is 11.6 Å². The van der Waals surface area contributed by atoms with E-state index in [0.717, 1.165) is 0 Å². The number of carbonyl (C=O) groups is 1. The van der Waals surface area contributed by atoms with Crippen LogP contribution in [0.25, 0.3) is 0 Å². The molecular formula is C14H20FNO4. The Morgan fingerprint density at radius 3 is 2.75 bits per heavy atom. The predicted octanol–water partition coefficient (Wildman–Crippen LogP) is 1.41. The first-order chi connectivity index (χ1) is 9.43. The SMILES string of the molecule is COCC(C)NC(=O)COc1ccc(F)cc1C(C)O. The summed E-state index contributed by atoms with van der Waals surface area (Å²) in [7, 11) is 1.55. The molecule has 0 saturated heterocycles. The lowest BCUT2D eigenvalue weighted by atomic mass is 10.1. The molecule has 1 amide bonds. The molecule has 0 aromatic heterocycles. The van der Waals surface area contributed by atoms with E-state index in [2.05, 4.69) is 5.32 Å². The van der Waals surface area contributed by atoms with Gasteiger partial charge in [-0.15, -0.1) is 0 Å². The van der Waals surface area contributed by atoms with Crippen molar-refractivity contribution in [3.05, 3.63) is 29.6 Å². The number of ether oxygens (including phenoxy) is 2. The van der Waals surface area contributed by atoms with Gasteiger partial charge in [-0.1, -0.05) is 0 Å². The van der Waals surface area contributed by atoms with E-state index in [4.69, 9.17) is 9.47 Å². The second kappa shape index (κ2) is 7.81. The van der Waals surface area contributed by atoms with Crippen molar-refractivity contribution in [2.45, 2.75) is 26.0 Å². The fraction of sp³-hybridized carbons (Fsp3) is 0.500. The molecular weight excluding hydrogens is 265 g/mol. The number of aliphatic hydroxyl groups is 1. The zero-order valence-corrected chi connectivity index (χ0v) is 11.9. The van der Waals surface area contributed by atoms with Gasteiger partial charge in [0, 0.05) is 18.7 Å². The Balaban J connectivity index is 2.59. The molecule has 5 nitrogen and oxygen atoms in total. The molecule has 2 unspecified atom stereocenters. The average Bonchev–Trinajstić information content (AvgIpc) is 2.37. The van der Waals surface area contributed by atoms with E-state index in [9.17, 15) is 14.3 Å². The summed E-state index contributed by atoms with van der Waals surface area (Å²) in [5.41, 5.74) is 0.308. The first-order valence-corrected chi connectivity index (χ1v) is 6.32. The molecule has 0 bridgehead atoms. The fourth-order valence-corrected chi connectivity index (χ4v) is 1.73. The molecule has 0 saturated carbocycles. The van der Waals surface area contributed by atoms with Crippen LogP contribution in [0.2, 0.25) is 0 Å². The molecule has 0 radical (unpaired) electrons. The zero-order valence-electron chi connectivity index (χ0n) is 11.9. The standard InChI is InChI=1S/C14H20FNO4/c1-9(7-19-3)16-14(18)8-20-13-5-4-11(15)6-12(13)10(2)17/h4-6,9-10,17H,7-8H2,1-3H3,(H,16,18). The lowest BCUT2D eigenvalue weighted by molar-refractivity contribution is -0.124. The van der Waals surface area contributed by atoms with E-state index in [-0.39, 0.29) is 24.3 Å². The van der Waals surface area contributed by atoms with E-state index < -0.39 is 11.9 Å². The van der Waals surface area contributed by atoms with Crippen LogP contribution in [0, 0.1) is 5.82 Å². The summed E-state index contributed by atoms with van der Waals surface area (Å²) in [5.74, 6) is -0.488. The number of hydrogen-bond donors (Lipinski definition) is 2. The Morgan fingerprint density at radius 2 is 2.15 bits per heavy atom. The van der Waals surface area contributed by atoms with Crippen molar-refractivity contribution in [2.75, 3.05) is 20.3 Å². The average molecular weight is 285 g/mol. The van der Waals surface area contributed by atoms with Crippen LogP contribution in [0.5, 0.6) is 5.75 Å². The van der Waals surface area contributed by atoms with Crippen molar-refractivity contribution in [1.29, 1.82) is 0 Å². The lowest BCUT2D eigenvalue weighted by Crippen LogP contribution is -2.38. The smallest absolute Gasteiger partial charge is 0.258 e. The van der Waals surface area contributed by atoms with Crippen molar-refractivity contribution < 1.29 is 23.8 Å². The summed E-state index contributed by atoms with van der Waals surface area (Å²) in [6.07, 6.45) is -0.879. The molecule has 0 heterocycles. The Labute approximate surface area is 117 Å². The zero-order chi connectivity index (χ0) is 15.1. The molecule has 0 fully saturated rings. The first kappa shape index (κ1) is 16.4. The minimum atomic E-state index is -0.879. The number of hydrogen-bond acceptors (Lipinski definition) is 4. The van der Waals surface area contributed by atoms with E-state index in [1.54, 1.807) is 14.0 Å². The number of amides is 1. The lowest BCUT2D eigenvalue weighted by Gasteiger charge is -2.15. The molecule has 2 atom stereocenters. The Hall–Kier alpha value is -1.66. The Bertz CT molecular complexity index is 451. The summed E-state index contributed by atoms with van der Waals surface area (Å²) < 4.78 is 23.3. The highest BCUT2D eigenvalue weighted by Crippen LogP contribution is 2.25. The van der Waals surface area contributed by atoms with Gasteiger partial charge in [0.05, 0.1) is 12.7 Å². The van der Waals surface area contributed by atoms with Crippen LogP contribution in [0.1, 0.15) is 25.5 Å². The molecule has 0 aliphatic rings. The second-order valence-corrected chi connectivity index (χ2v) is 4.57. The van der Waals surface area contributed by atoms with Crippen molar-refractivity contribution >= 4 is 5.91 Å². The van der Waals surface area contributed by atoms with Crippen LogP contribution in [-0.4, -0.2) is 37.4 Å². The minimum absolute atomic E-state index is 0.124. The number of nitrogens with one attached hydrogen (secondary N) is 1. The van der Waals surface area contributed by atoms with E-state index in [1.807, 2.05) is 0 Å². The summed E-state index contributed by atoms with van der Waals surface area (Å²) in [4.78, 5) is 11.6. The van der Waals surface area contributed by atoms with Gasteiger partial charge in [-0.05, 0) is 32.0 Å². The van der Waals surface area contributed by atoms with Crippen LogP contribution < -0.4 is 10.1 Å². The summed E-state index contributed by atoms with van der Waals surface area (Å²) in [5, 5.41) is 12.2. The van der Waals surface area contributed by atoms with Gasteiger partial charge >= 0.3 is 0 Å². The summed E-state index contributed by atoms with van der Waals surface area (Å²) in [6.45, 7) is 3.50. The number of rotatable bonds is 7. The molecule has 0 aliphatic heterocycles. The van der Waals surface area contributed by atoms with Crippen LogP contribution in [0.4, 0.5) is 4.39 Å². The molecule has 1 rings (SSSR count). The van der Waals surface area contributed by atoms with Crippen LogP contribution >= 0.6 is 0 Å². The van der Waals surface area contributed by atoms with Crippen LogP contribution in [-0.2, 0) is 9.53 Å². The van der Waals surface area contributed by atoms with Gasteiger partial charge in [-0.3, -0.25) is 4.79 Å². The molecule has 0 spiro atoms. The minimum Gasteiger partial charge on any atom is -0.483 e. The van der Waals surface area contributed by atoms with Gasteiger partial charge in [0.2, 0.25) is 0 Å². The molecule has 1 aromatic rings.